The number of nitro benzene ring substituents is 1. The summed E-state index contributed by atoms with van der Waals surface area (Å²) in [6.07, 6.45) is 0. The minimum Gasteiger partial charge on any atom is -0.494 e. The molecule has 0 saturated heterocycles. The number of benzene rings is 1. The first-order valence-corrected chi connectivity index (χ1v) is 4.81. The molecule has 0 aliphatic carbocycles. The average molecular weight is 246 g/mol. The van der Waals surface area contributed by atoms with Crippen molar-refractivity contribution >= 4 is 23.0 Å². The molecule has 16 heavy (non-hydrogen) atoms. The summed E-state index contributed by atoms with van der Waals surface area (Å²) in [6.45, 7) is 5.64. The van der Waals surface area contributed by atoms with E-state index in [1.807, 2.05) is 0 Å². The maximum absolute atomic E-state index is 13.4. The molecule has 0 unspecified atom stereocenters. The van der Waals surface area contributed by atoms with Crippen molar-refractivity contribution in [3.63, 3.8) is 0 Å². The fourth-order valence-electron chi connectivity index (χ4n) is 1.15. The molecule has 0 saturated carbocycles. The summed E-state index contributed by atoms with van der Waals surface area (Å²) in [7, 11) is 0. The van der Waals surface area contributed by atoms with Crippen LogP contribution in [0.25, 0.3) is 5.76 Å². The molecular weight excluding hydrogens is 237 g/mol. The van der Waals surface area contributed by atoms with Crippen LogP contribution >= 0.6 is 11.6 Å². The van der Waals surface area contributed by atoms with Crippen LogP contribution in [0.3, 0.4) is 0 Å². The van der Waals surface area contributed by atoms with E-state index < -0.39 is 16.4 Å². The van der Waals surface area contributed by atoms with Crippen LogP contribution in [0.15, 0.2) is 18.7 Å². The van der Waals surface area contributed by atoms with Gasteiger partial charge in [-0.25, -0.2) is 0 Å². The molecule has 0 amide bonds. The van der Waals surface area contributed by atoms with Crippen LogP contribution in [0.1, 0.15) is 12.5 Å². The molecule has 86 valence electrons. The monoisotopic (exact) mass is 245 g/mol. The molecule has 0 aliphatic rings. The molecule has 1 rings (SSSR count). The van der Waals surface area contributed by atoms with Crippen LogP contribution in [0.2, 0.25) is 5.02 Å². The van der Waals surface area contributed by atoms with Gasteiger partial charge in [0.2, 0.25) is 5.82 Å². The molecule has 0 spiro atoms. The standard InChI is InChI=1S/C10H9ClFNO3/c1-3-16-6(2)7-4-5-8(13(14)15)10(12)9(7)11/h4-5H,2-3H2,1H3. The van der Waals surface area contributed by atoms with Gasteiger partial charge in [0.25, 0.3) is 0 Å². The molecular formula is C10H9ClFNO3. The molecule has 0 N–H and O–H groups in total. The number of halogens is 2. The molecule has 1 aromatic carbocycles. The number of hydrogen-bond acceptors (Lipinski definition) is 3. The molecule has 4 nitrogen and oxygen atoms in total. The third kappa shape index (κ3) is 2.30. The number of ether oxygens (including phenoxy) is 1. The Kier molecular flexibility index (Phi) is 3.84. The van der Waals surface area contributed by atoms with E-state index in [0.29, 0.717) is 6.61 Å². The number of rotatable bonds is 4. The number of nitrogens with zero attached hydrogens (tertiary/aromatic N) is 1. The van der Waals surface area contributed by atoms with Crippen LogP contribution in [0, 0.1) is 15.9 Å². The van der Waals surface area contributed by atoms with Gasteiger partial charge in [0.05, 0.1) is 16.6 Å². The Morgan fingerprint density at radius 3 is 2.81 bits per heavy atom. The largest absolute Gasteiger partial charge is 0.494 e. The first-order valence-electron chi connectivity index (χ1n) is 4.43. The van der Waals surface area contributed by atoms with E-state index in [-0.39, 0.29) is 16.3 Å². The Balaban J connectivity index is 3.21. The van der Waals surface area contributed by atoms with E-state index in [0.717, 1.165) is 6.07 Å². The lowest BCUT2D eigenvalue weighted by Gasteiger charge is -2.09. The summed E-state index contributed by atoms with van der Waals surface area (Å²) in [5.41, 5.74) is -0.454. The second-order valence-corrected chi connectivity index (χ2v) is 3.25. The third-order valence-corrected chi connectivity index (χ3v) is 2.25. The molecule has 0 aliphatic heterocycles. The van der Waals surface area contributed by atoms with Gasteiger partial charge in [0.1, 0.15) is 5.76 Å². The average Bonchev–Trinajstić information content (AvgIpc) is 2.21. The van der Waals surface area contributed by atoms with Crippen molar-refractivity contribution in [3.8, 4) is 0 Å². The Hall–Kier alpha value is -1.62. The molecule has 0 atom stereocenters. The zero-order valence-corrected chi connectivity index (χ0v) is 9.25. The van der Waals surface area contributed by atoms with Crippen molar-refractivity contribution in [2.75, 3.05) is 6.61 Å². The van der Waals surface area contributed by atoms with Crippen LogP contribution < -0.4 is 0 Å². The summed E-state index contributed by atoms with van der Waals surface area (Å²) in [5, 5.41) is 10.1. The summed E-state index contributed by atoms with van der Waals surface area (Å²) in [4.78, 5) is 9.60. The lowest BCUT2D eigenvalue weighted by atomic mass is 10.1. The lowest BCUT2D eigenvalue weighted by molar-refractivity contribution is -0.387. The van der Waals surface area contributed by atoms with E-state index in [2.05, 4.69) is 6.58 Å². The van der Waals surface area contributed by atoms with Gasteiger partial charge >= 0.3 is 5.69 Å². The Labute approximate surface area is 96.4 Å². The Bertz CT molecular complexity index is 448. The first-order chi connectivity index (χ1) is 7.49. The normalized spacial score (nSPS) is 9.94. The van der Waals surface area contributed by atoms with Crippen LogP contribution in [0.5, 0.6) is 0 Å². The second kappa shape index (κ2) is 4.94. The van der Waals surface area contributed by atoms with Gasteiger partial charge in [-0.2, -0.15) is 4.39 Å². The van der Waals surface area contributed by atoms with E-state index in [9.17, 15) is 14.5 Å². The van der Waals surface area contributed by atoms with Crippen LogP contribution in [0.4, 0.5) is 10.1 Å². The van der Waals surface area contributed by atoms with Crippen molar-refractivity contribution in [1.29, 1.82) is 0 Å². The Morgan fingerprint density at radius 1 is 1.69 bits per heavy atom. The fourth-order valence-corrected chi connectivity index (χ4v) is 1.41. The van der Waals surface area contributed by atoms with Crippen molar-refractivity contribution in [3.05, 3.63) is 45.2 Å². The zero-order valence-electron chi connectivity index (χ0n) is 8.50. The van der Waals surface area contributed by atoms with Crippen molar-refractivity contribution < 1.29 is 14.1 Å². The topological polar surface area (TPSA) is 52.4 Å². The van der Waals surface area contributed by atoms with Gasteiger partial charge < -0.3 is 4.74 Å². The fraction of sp³-hybridized carbons (Fsp3) is 0.200. The molecule has 0 bridgehead atoms. The highest BCUT2D eigenvalue weighted by Crippen LogP contribution is 2.31. The van der Waals surface area contributed by atoms with Gasteiger partial charge in [-0.05, 0) is 13.0 Å². The van der Waals surface area contributed by atoms with E-state index in [1.165, 1.54) is 6.07 Å². The molecule has 0 fully saturated rings. The Morgan fingerprint density at radius 2 is 2.31 bits per heavy atom. The summed E-state index contributed by atoms with van der Waals surface area (Å²) < 4.78 is 18.5. The van der Waals surface area contributed by atoms with Crippen molar-refractivity contribution in [1.82, 2.24) is 0 Å². The smallest absolute Gasteiger partial charge is 0.306 e. The van der Waals surface area contributed by atoms with Crippen molar-refractivity contribution in [2.24, 2.45) is 0 Å². The van der Waals surface area contributed by atoms with Crippen molar-refractivity contribution in [2.45, 2.75) is 6.92 Å². The highest BCUT2D eigenvalue weighted by Gasteiger charge is 2.21. The summed E-state index contributed by atoms with van der Waals surface area (Å²) in [6, 6.07) is 2.34. The summed E-state index contributed by atoms with van der Waals surface area (Å²) >= 11 is 5.65. The predicted octanol–water partition coefficient (Wildman–Crippen LogP) is 3.39. The summed E-state index contributed by atoms with van der Waals surface area (Å²) in [5.74, 6) is -0.897. The number of nitro groups is 1. The third-order valence-electron chi connectivity index (χ3n) is 1.88. The maximum atomic E-state index is 13.4. The molecule has 0 heterocycles. The molecule has 6 heteroatoms. The van der Waals surface area contributed by atoms with Crippen LogP contribution in [-0.4, -0.2) is 11.5 Å². The zero-order chi connectivity index (χ0) is 12.3. The SMILES string of the molecule is C=C(OCC)c1ccc([N+](=O)[O-])c(F)c1Cl. The van der Waals surface area contributed by atoms with Gasteiger partial charge in [-0.1, -0.05) is 18.2 Å². The quantitative estimate of drug-likeness (QED) is 0.464. The molecule has 0 radical (unpaired) electrons. The maximum Gasteiger partial charge on any atom is 0.306 e. The van der Waals surface area contributed by atoms with Gasteiger partial charge in [0.15, 0.2) is 0 Å². The van der Waals surface area contributed by atoms with E-state index in [4.69, 9.17) is 16.3 Å². The second-order valence-electron chi connectivity index (χ2n) is 2.87. The minimum absolute atomic E-state index is 0.182. The predicted molar refractivity (Wildman–Crippen MR) is 58.7 cm³/mol. The molecule has 1 aromatic rings. The first kappa shape index (κ1) is 12.4. The highest BCUT2D eigenvalue weighted by atomic mass is 35.5. The minimum atomic E-state index is -1.08. The van der Waals surface area contributed by atoms with Crippen LogP contribution in [-0.2, 0) is 4.74 Å². The van der Waals surface area contributed by atoms with E-state index >= 15 is 0 Å². The van der Waals surface area contributed by atoms with E-state index in [1.54, 1.807) is 6.92 Å². The van der Waals surface area contributed by atoms with Gasteiger partial charge in [0, 0.05) is 11.6 Å². The van der Waals surface area contributed by atoms with Gasteiger partial charge in [-0.3, -0.25) is 10.1 Å². The van der Waals surface area contributed by atoms with Gasteiger partial charge in [-0.15, -0.1) is 0 Å². The number of hydrogen-bond donors (Lipinski definition) is 0. The molecule has 0 aromatic heterocycles. The lowest BCUT2D eigenvalue weighted by Crippen LogP contribution is -1.97. The highest BCUT2D eigenvalue weighted by molar-refractivity contribution is 6.32.